The molecule has 5 nitrogen and oxygen atoms in total. The summed E-state index contributed by atoms with van der Waals surface area (Å²) in [6.45, 7) is 9.52. The van der Waals surface area contributed by atoms with E-state index in [9.17, 15) is 5.26 Å². The summed E-state index contributed by atoms with van der Waals surface area (Å²) in [4.78, 5) is 7.30. The number of rotatable bonds is 3. The monoisotopic (exact) mass is 313 g/mol. The van der Waals surface area contributed by atoms with Crippen molar-refractivity contribution in [3.8, 4) is 6.07 Å². The van der Waals surface area contributed by atoms with Gasteiger partial charge in [0.05, 0.1) is 11.6 Å². The minimum absolute atomic E-state index is 0.819. The average Bonchev–Trinajstić information content (AvgIpc) is 2.80. The molecule has 2 heterocycles. The van der Waals surface area contributed by atoms with Crippen LogP contribution in [-0.4, -0.2) is 69.2 Å². The second kappa shape index (κ2) is 7.78. The molecule has 2 aliphatic rings. The Morgan fingerprint density at radius 2 is 1.91 bits per heavy atom. The van der Waals surface area contributed by atoms with Crippen LogP contribution in [0.3, 0.4) is 0 Å². The van der Waals surface area contributed by atoms with Crippen molar-refractivity contribution in [3.63, 3.8) is 0 Å². The van der Waals surface area contributed by atoms with Gasteiger partial charge in [0.2, 0.25) is 0 Å². The van der Waals surface area contributed by atoms with Gasteiger partial charge in [0.25, 0.3) is 0 Å². The quantitative estimate of drug-likeness (QED) is 0.905. The number of nitrogens with one attached hydrogen (secondary N) is 1. The van der Waals surface area contributed by atoms with Crippen LogP contribution in [0, 0.1) is 11.3 Å². The van der Waals surface area contributed by atoms with Crippen LogP contribution in [0.25, 0.3) is 0 Å². The van der Waals surface area contributed by atoms with Gasteiger partial charge in [-0.3, -0.25) is 4.90 Å². The van der Waals surface area contributed by atoms with E-state index in [1.807, 2.05) is 6.07 Å². The zero-order valence-electron chi connectivity index (χ0n) is 14.1. The summed E-state index contributed by atoms with van der Waals surface area (Å²) in [7, 11) is 2.19. The van der Waals surface area contributed by atoms with Gasteiger partial charge in [0.1, 0.15) is 0 Å². The molecule has 2 fully saturated rings. The van der Waals surface area contributed by atoms with Crippen LogP contribution in [0.5, 0.6) is 0 Å². The molecule has 2 aliphatic heterocycles. The smallest absolute Gasteiger partial charge is 0.0995 e. The predicted octanol–water partition coefficient (Wildman–Crippen LogP) is 1.11. The fourth-order valence-corrected chi connectivity index (χ4v) is 3.43. The molecule has 1 N–H and O–H groups in total. The van der Waals surface area contributed by atoms with Gasteiger partial charge in [0.15, 0.2) is 0 Å². The fourth-order valence-electron chi connectivity index (χ4n) is 3.43. The lowest BCUT2D eigenvalue weighted by atomic mass is 10.1. The summed E-state index contributed by atoms with van der Waals surface area (Å²) in [5, 5.41) is 12.8. The van der Waals surface area contributed by atoms with E-state index < -0.39 is 0 Å². The van der Waals surface area contributed by atoms with Crippen molar-refractivity contribution < 1.29 is 0 Å². The lowest BCUT2D eigenvalue weighted by Crippen LogP contribution is -2.43. The van der Waals surface area contributed by atoms with E-state index in [1.54, 1.807) is 0 Å². The minimum Gasteiger partial charge on any atom is -0.370 e. The number of nitriles is 1. The largest absolute Gasteiger partial charge is 0.370 e. The molecule has 5 heteroatoms. The third-order valence-electron chi connectivity index (χ3n) is 4.90. The summed E-state index contributed by atoms with van der Waals surface area (Å²) in [5.41, 5.74) is 3.26. The highest BCUT2D eigenvalue weighted by Crippen LogP contribution is 2.22. The van der Waals surface area contributed by atoms with E-state index in [2.05, 4.69) is 45.3 Å². The highest BCUT2D eigenvalue weighted by atomic mass is 15.2. The van der Waals surface area contributed by atoms with Crippen molar-refractivity contribution >= 4 is 5.69 Å². The molecule has 2 saturated heterocycles. The third-order valence-corrected chi connectivity index (χ3v) is 4.90. The van der Waals surface area contributed by atoms with E-state index in [1.165, 1.54) is 24.2 Å². The van der Waals surface area contributed by atoms with Gasteiger partial charge in [-0.25, -0.2) is 0 Å². The maximum Gasteiger partial charge on any atom is 0.0995 e. The molecule has 0 radical (unpaired) electrons. The number of piperazine rings is 1. The predicted molar refractivity (Wildman–Crippen MR) is 93.6 cm³/mol. The van der Waals surface area contributed by atoms with Gasteiger partial charge in [-0.1, -0.05) is 0 Å². The molecule has 0 amide bonds. The Morgan fingerprint density at radius 1 is 1.09 bits per heavy atom. The molecule has 0 atom stereocenters. The number of nitrogens with zero attached hydrogens (tertiary/aromatic N) is 4. The highest BCUT2D eigenvalue weighted by Gasteiger charge is 2.16. The SMILES string of the molecule is CN1CCCN(c2ccc(C#N)c(CN3CCNCC3)c2)CC1. The van der Waals surface area contributed by atoms with Gasteiger partial charge in [-0.05, 0) is 43.8 Å². The summed E-state index contributed by atoms with van der Waals surface area (Å²) in [5.74, 6) is 0. The number of hydrogen-bond acceptors (Lipinski definition) is 5. The van der Waals surface area contributed by atoms with Gasteiger partial charge < -0.3 is 15.1 Å². The van der Waals surface area contributed by atoms with Crippen LogP contribution in [0.1, 0.15) is 17.5 Å². The van der Waals surface area contributed by atoms with Crippen LogP contribution in [0.15, 0.2) is 18.2 Å². The molecule has 0 unspecified atom stereocenters. The van der Waals surface area contributed by atoms with Crippen molar-refractivity contribution in [3.05, 3.63) is 29.3 Å². The Hall–Kier alpha value is -1.61. The Balaban J connectivity index is 1.76. The Bertz CT molecular complexity index is 559. The van der Waals surface area contributed by atoms with E-state index >= 15 is 0 Å². The van der Waals surface area contributed by atoms with Crippen LogP contribution in [0.2, 0.25) is 0 Å². The maximum atomic E-state index is 9.43. The number of anilines is 1. The minimum atomic E-state index is 0.819. The molecule has 0 saturated carbocycles. The van der Waals surface area contributed by atoms with Crippen molar-refractivity contribution in [2.24, 2.45) is 0 Å². The molecule has 3 rings (SSSR count). The number of hydrogen-bond donors (Lipinski definition) is 1. The first-order valence-corrected chi connectivity index (χ1v) is 8.66. The Morgan fingerprint density at radius 3 is 2.70 bits per heavy atom. The van der Waals surface area contributed by atoms with Crippen molar-refractivity contribution in [2.75, 3.05) is 64.3 Å². The van der Waals surface area contributed by atoms with Gasteiger partial charge in [-0.2, -0.15) is 5.26 Å². The molecule has 0 aliphatic carbocycles. The average molecular weight is 313 g/mol. The van der Waals surface area contributed by atoms with E-state index in [4.69, 9.17) is 0 Å². The van der Waals surface area contributed by atoms with Gasteiger partial charge >= 0.3 is 0 Å². The van der Waals surface area contributed by atoms with Gasteiger partial charge in [-0.15, -0.1) is 0 Å². The summed E-state index contributed by atoms with van der Waals surface area (Å²) in [6.07, 6.45) is 1.20. The topological polar surface area (TPSA) is 45.5 Å². The van der Waals surface area contributed by atoms with Crippen molar-refractivity contribution in [2.45, 2.75) is 13.0 Å². The molecule has 0 bridgehead atoms. The molecule has 1 aromatic rings. The van der Waals surface area contributed by atoms with E-state index in [0.29, 0.717) is 0 Å². The van der Waals surface area contributed by atoms with Crippen LogP contribution < -0.4 is 10.2 Å². The lowest BCUT2D eigenvalue weighted by molar-refractivity contribution is 0.233. The van der Waals surface area contributed by atoms with Crippen LogP contribution >= 0.6 is 0 Å². The fraction of sp³-hybridized carbons (Fsp3) is 0.611. The summed E-state index contributed by atoms with van der Waals surface area (Å²) in [6, 6.07) is 8.73. The molecule has 124 valence electrons. The van der Waals surface area contributed by atoms with Crippen LogP contribution in [0.4, 0.5) is 5.69 Å². The first-order chi connectivity index (χ1) is 11.3. The molecule has 0 aromatic heterocycles. The Labute approximate surface area is 139 Å². The maximum absolute atomic E-state index is 9.43. The molecule has 1 aromatic carbocycles. The van der Waals surface area contributed by atoms with E-state index in [0.717, 1.165) is 57.9 Å². The van der Waals surface area contributed by atoms with Crippen molar-refractivity contribution in [1.29, 1.82) is 5.26 Å². The summed E-state index contributed by atoms with van der Waals surface area (Å²) < 4.78 is 0. The summed E-state index contributed by atoms with van der Waals surface area (Å²) >= 11 is 0. The molecule has 23 heavy (non-hydrogen) atoms. The normalized spacial score (nSPS) is 21.0. The zero-order valence-corrected chi connectivity index (χ0v) is 14.1. The second-order valence-electron chi connectivity index (χ2n) is 6.62. The number of benzene rings is 1. The third kappa shape index (κ3) is 4.23. The first kappa shape index (κ1) is 16.3. The zero-order chi connectivity index (χ0) is 16.1. The molecular formula is C18H27N5. The standard InChI is InChI=1S/C18H27N5/c1-21-7-2-8-23(12-11-21)18-4-3-16(14-19)17(13-18)15-22-9-5-20-6-10-22/h3-4,13,20H,2,5-12,15H2,1H3. The highest BCUT2D eigenvalue weighted by molar-refractivity contribution is 5.54. The first-order valence-electron chi connectivity index (χ1n) is 8.66. The molecule has 0 spiro atoms. The van der Waals surface area contributed by atoms with Gasteiger partial charge in [0, 0.05) is 58.0 Å². The lowest BCUT2D eigenvalue weighted by Gasteiger charge is -2.28. The number of likely N-dealkylation sites (N-methyl/N-ethyl adjacent to an activating group) is 1. The molecular weight excluding hydrogens is 286 g/mol. The Kier molecular flexibility index (Phi) is 5.50. The van der Waals surface area contributed by atoms with Crippen LogP contribution in [-0.2, 0) is 6.54 Å². The second-order valence-corrected chi connectivity index (χ2v) is 6.62. The van der Waals surface area contributed by atoms with E-state index in [-0.39, 0.29) is 0 Å². The van der Waals surface area contributed by atoms with Crippen molar-refractivity contribution in [1.82, 2.24) is 15.1 Å².